The van der Waals surface area contributed by atoms with Gasteiger partial charge in [0.15, 0.2) is 17.5 Å². The maximum Gasteiger partial charge on any atom is 0.332 e. The number of aliphatic hydroxyl groups is 2. The first kappa shape index (κ1) is 25.8. The average molecular weight is 452 g/mol. The molecule has 1 atom stereocenters. The maximum atomic E-state index is 12.6. The highest BCUT2D eigenvalue weighted by Gasteiger charge is 2.16. The molecular formula is C22H37N5O5. The predicted molar refractivity (Wildman–Crippen MR) is 122 cm³/mol. The largest absolute Gasteiger partial charge is 0.366 e. The molecular weight excluding hydrogens is 414 g/mol. The average Bonchev–Trinajstić information content (AvgIpc) is 3.15. The van der Waals surface area contributed by atoms with Crippen molar-refractivity contribution < 1.29 is 15.0 Å². The summed E-state index contributed by atoms with van der Waals surface area (Å²) < 4.78 is 4.37. The van der Waals surface area contributed by atoms with E-state index in [0.717, 1.165) is 51.4 Å². The number of unbranched alkanes of at least 4 members (excludes halogenated alkanes) is 7. The summed E-state index contributed by atoms with van der Waals surface area (Å²) in [6.45, 7) is 2.20. The Labute approximate surface area is 187 Å². The molecule has 32 heavy (non-hydrogen) atoms. The van der Waals surface area contributed by atoms with Crippen LogP contribution in [0.15, 0.2) is 15.9 Å². The van der Waals surface area contributed by atoms with Crippen molar-refractivity contribution in [3.8, 4) is 0 Å². The normalized spacial score (nSPS) is 12.6. The minimum atomic E-state index is -1.52. The summed E-state index contributed by atoms with van der Waals surface area (Å²) in [4.78, 5) is 41.0. The number of aromatic nitrogens is 4. The van der Waals surface area contributed by atoms with Crippen molar-refractivity contribution in [2.75, 3.05) is 0 Å². The first-order chi connectivity index (χ1) is 15.3. The zero-order valence-corrected chi connectivity index (χ0v) is 19.4. The van der Waals surface area contributed by atoms with Gasteiger partial charge >= 0.3 is 5.69 Å². The minimum absolute atomic E-state index is 0.143. The molecule has 3 N–H and O–H groups in total. The van der Waals surface area contributed by atoms with Gasteiger partial charge in [-0.3, -0.25) is 18.7 Å². The Bertz CT molecular complexity index is 991. The van der Waals surface area contributed by atoms with E-state index in [-0.39, 0.29) is 17.2 Å². The molecule has 2 aromatic rings. The van der Waals surface area contributed by atoms with Crippen molar-refractivity contribution in [3.05, 3.63) is 27.2 Å². The van der Waals surface area contributed by atoms with Gasteiger partial charge in [-0.2, -0.15) is 0 Å². The van der Waals surface area contributed by atoms with Crippen LogP contribution in [0.1, 0.15) is 71.1 Å². The monoisotopic (exact) mass is 451 g/mol. The van der Waals surface area contributed by atoms with Gasteiger partial charge in [-0.25, -0.2) is 9.78 Å². The second-order valence-corrected chi connectivity index (χ2v) is 8.40. The van der Waals surface area contributed by atoms with Crippen molar-refractivity contribution >= 4 is 17.1 Å². The van der Waals surface area contributed by atoms with Crippen LogP contribution >= 0.6 is 0 Å². The second-order valence-electron chi connectivity index (χ2n) is 8.40. The highest BCUT2D eigenvalue weighted by molar-refractivity contribution is 5.76. The Hall–Kier alpha value is -2.46. The fraction of sp³-hybridized carbons (Fsp3) is 0.727. The molecule has 0 bridgehead atoms. The topological polar surface area (TPSA) is 131 Å². The van der Waals surface area contributed by atoms with Crippen LogP contribution in [0.2, 0.25) is 0 Å². The fourth-order valence-corrected chi connectivity index (χ4v) is 3.88. The molecule has 0 aliphatic heterocycles. The van der Waals surface area contributed by atoms with Gasteiger partial charge in [0, 0.05) is 27.1 Å². The molecule has 2 aromatic heterocycles. The van der Waals surface area contributed by atoms with Gasteiger partial charge in [0.25, 0.3) is 5.56 Å². The van der Waals surface area contributed by atoms with Gasteiger partial charge in [0.05, 0.1) is 12.4 Å². The number of carbonyl (C=O) groups is 1. The third kappa shape index (κ3) is 6.77. The van der Waals surface area contributed by atoms with E-state index in [1.54, 1.807) is 31.9 Å². The number of imidazole rings is 1. The van der Waals surface area contributed by atoms with Gasteiger partial charge in [-0.05, 0) is 19.3 Å². The number of aliphatic hydroxyl groups excluding tert-OH is 1. The zero-order chi connectivity index (χ0) is 23.7. The molecule has 2 heterocycles. The summed E-state index contributed by atoms with van der Waals surface area (Å²) in [7, 11) is 3.38. The van der Waals surface area contributed by atoms with E-state index in [0.29, 0.717) is 30.6 Å². The lowest BCUT2D eigenvalue weighted by molar-refractivity contribution is -0.127. The summed E-state index contributed by atoms with van der Waals surface area (Å²) in [6, 6.07) is -0.607. The van der Waals surface area contributed by atoms with E-state index in [1.165, 1.54) is 9.13 Å². The Balaban J connectivity index is 1.61. The van der Waals surface area contributed by atoms with E-state index in [9.17, 15) is 14.4 Å². The second kappa shape index (κ2) is 12.5. The van der Waals surface area contributed by atoms with Crippen LogP contribution in [0.3, 0.4) is 0 Å². The molecule has 0 aliphatic rings. The standard InChI is InChI=1S/C22H37N5O5/c1-4-16(21(30)31)24-17(28)13-11-9-7-5-6-8-10-12-14-27-20(29)18-19(23-15-25(18)2)26(3)22(27)32/h15-16,21,30-31H,4-14H2,1-3H3,(H,24,28). The van der Waals surface area contributed by atoms with E-state index in [4.69, 9.17) is 10.2 Å². The number of nitrogens with one attached hydrogen (secondary N) is 1. The lowest BCUT2D eigenvalue weighted by atomic mass is 10.1. The first-order valence-electron chi connectivity index (χ1n) is 11.5. The van der Waals surface area contributed by atoms with Crippen molar-refractivity contribution in [2.24, 2.45) is 14.1 Å². The van der Waals surface area contributed by atoms with Gasteiger partial charge in [-0.15, -0.1) is 0 Å². The van der Waals surface area contributed by atoms with E-state index in [2.05, 4.69) is 10.3 Å². The number of hydrogen-bond acceptors (Lipinski definition) is 6. The molecule has 0 spiro atoms. The minimum Gasteiger partial charge on any atom is -0.366 e. The number of nitrogens with zero attached hydrogens (tertiary/aromatic N) is 4. The van der Waals surface area contributed by atoms with Crippen LogP contribution in [0.4, 0.5) is 0 Å². The first-order valence-corrected chi connectivity index (χ1v) is 11.5. The number of carbonyl (C=O) groups excluding carboxylic acids is 1. The van der Waals surface area contributed by atoms with Crippen LogP contribution in [0, 0.1) is 0 Å². The van der Waals surface area contributed by atoms with Crippen LogP contribution in [-0.2, 0) is 25.4 Å². The molecule has 0 fully saturated rings. The van der Waals surface area contributed by atoms with E-state index >= 15 is 0 Å². The Morgan fingerprint density at radius 2 is 1.62 bits per heavy atom. The van der Waals surface area contributed by atoms with Crippen molar-refractivity contribution in [3.63, 3.8) is 0 Å². The summed E-state index contributed by atoms with van der Waals surface area (Å²) in [5.74, 6) is -0.143. The molecule has 1 unspecified atom stereocenters. The van der Waals surface area contributed by atoms with Crippen molar-refractivity contribution in [2.45, 2.75) is 90.0 Å². The van der Waals surface area contributed by atoms with Gasteiger partial charge in [0.1, 0.15) is 0 Å². The van der Waals surface area contributed by atoms with Crippen molar-refractivity contribution in [1.82, 2.24) is 24.0 Å². The number of rotatable bonds is 14. The summed E-state index contributed by atoms with van der Waals surface area (Å²) >= 11 is 0. The van der Waals surface area contributed by atoms with Gasteiger partial charge in [-0.1, -0.05) is 45.4 Å². The highest BCUT2D eigenvalue weighted by atomic mass is 16.5. The molecule has 10 nitrogen and oxygen atoms in total. The third-order valence-corrected chi connectivity index (χ3v) is 5.88. The molecule has 0 aliphatic carbocycles. The molecule has 0 saturated heterocycles. The summed E-state index contributed by atoms with van der Waals surface area (Å²) in [5.41, 5.74) is 0.237. The number of amides is 1. The maximum absolute atomic E-state index is 12.6. The number of aryl methyl sites for hydroxylation is 2. The lowest BCUT2D eigenvalue weighted by Crippen LogP contribution is -2.42. The van der Waals surface area contributed by atoms with Crippen molar-refractivity contribution in [1.29, 1.82) is 0 Å². The number of fused-ring (bicyclic) bond motifs is 1. The zero-order valence-electron chi connectivity index (χ0n) is 19.4. The molecule has 180 valence electrons. The fourth-order valence-electron chi connectivity index (χ4n) is 3.88. The quantitative estimate of drug-likeness (QED) is 0.292. The predicted octanol–water partition coefficient (Wildman–Crippen LogP) is 1.15. The van der Waals surface area contributed by atoms with Crippen LogP contribution in [0.25, 0.3) is 11.2 Å². The van der Waals surface area contributed by atoms with E-state index < -0.39 is 12.3 Å². The number of hydrogen-bond donors (Lipinski definition) is 3. The van der Waals surface area contributed by atoms with Crippen LogP contribution in [0.5, 0.6) is 0 Å². The molecule has 0 saturated carbocycles. The van der Waals surface area contributed by atoms with E-state index in [1.807, 2.05) is 0 Å². The Morgan fingerprint density at radius 1 is 1.03 bits per heavy atom. The molecule has 1 amide bonds. The SMILES string of the molecule is CCC(NC(=O)CCCCCCCCCCn1c(=O)c2c(ncn2C)n(C)c1=O)C(O)O. The summed E-state index contributed by atoms with van der Waals surface area (Å²) in [6.07, 6.45) is 8.60. The highest BCUT2D eigenvalue weighted by Crippen LogP contribution is 2.11. The lowest BCUT2D eigenvalue weighted by Gasteiger charge is -2.18. The smallest absolute Gasteiger partial charge is 0.332 e. The third-order valence-electron chi connectivity index (χ3n) is 5.88. The Morgan fingerprint density at radius 3 is 2.22 bits per heavy atom. The van der Waals surface area contributed by atoms with Gasteiger partial charge in [0.2, 0.25) is 5.91 Å². The van der Waals surface area contributed by atoms with Crippen LogP contribution < -0.4 is 16.6 Å². The van der Waals surface area contributed by atoms with Gasteiger partial charge < -0.3 is 20.1 Å². The molecule has 10 heteroatoms. The Kier molecular flexibility index (Phi) is 10.1. The van der Waals surface area contributed by atoms with Crippen LogP contribution in [-0.4, -0.2) is 47.1 Å². The molecule has 0 aromatic carbocycles. The molecule has 0 radical (unpaired) electrons. The summed E-state index contributed by atoms with van der Waals surface area (Å²) in [5, 5.41) is 20.9. The molecule has 2 rings (SSSR count).